The largest absolute Gasteiger partial charge is 0.322 e. The van der Waals surface area contributed by atoms with E-state index in [1.165, 1.54) is 38.5 Å². The third-order valence-electron chi connectivity index (χ3n) is 3.75. The van der Waals surface area contributed by atoms with Gasteiger partial charge in [-0.1, -0.05) is 45.4 Å². The number of rotatable bonds is 9. The highest BCUT2D eigenvalue weighted by molar-refractivity contribution is 5.80. The Hall–Kier alpha value is -0.370. The zero-order chi connectivity index (χ0) is 12.0. The van der Waals surface area contributed by atoms with Crippen LogP contribution in [0.4, 0.5) is 0 Å². The van der Waals surface area contributed by atoms with Crippen LogP contribution in [-0.4, -0.2) is 11.8 Å². The summed E-state index contributed by atoms with van der Waals surface area (Å²) in [5, 5.41) is 0. The van der Waals surface area contributed by atoms with Gasteiger partial charge in [-0.05, 0) is 31.6 Å². The Morgan fingerprint density at radius 2 is 1.94 bits per heavy atom. The normalized spacial score (nSPS) is 19.4. The van der Waals surface area contributed by atoms with Gasteiger partial charge in [-0.25, -0.2) is 0 Å². The second-order valence-electron chi connectivity index (χ2n) is 5.63. The van der Waals surface area contributed by atoms with Crippen LogP contribution in [0.3, 0.4) is 0 Å². The predicted molar refractivity (Wildman–Crippen MR) is 68.2 cm³/mol. The minimum absolute atomic E-state index is 0.126. The van der Waals surface area contributed by atoms with Gasteiger partial charge < -0.3 is 5.73 Å². The van der Waals surface area contributed by atoms with Crippen LogP contribution in [-0.2, 0) is 4.79 Å². The molecule has 0 amide bonds. The first-order valence-corrected chi connectivity index (χ1v) is 6.85. The molecule has 0 aliphatic heterocycles. The fraction of sp³-hybridized carbons (Fsp3) is 0.929. The van der Waals surface area contributed by atoms with Gasteiger partial charge in [0.15, 0.2) is 0 Å². The number of nitrogens with two attached hydrogens (primary N) is 1. The number of hydrogen-bond donors (Lipinski definition) is 1. The summed E-state index contributed by atoms with van der Waals surface area (Å²) in [6, 6.07) is -0.228. The summed E-state index contributed by atoms with van der Waals surface area (Å²) < 4.78 is 0. The number of carbonyl (C=O) groups is 1. The van der Waals surface area contributed by atoms with E-state index in [1.54, 1.807) is 6.92 Å². The molecular formula is C14H27NO. The quantitative estimate of drug-likeness (QED) is 0.612. The SMILES string of the molecule is CC(=O)[C@@H](N)CC[C@@H](C)CCCCC1CC1. The highest BCUT2D eigenvalue weighted by Crippen LogP contribution is 2.34. The minimum Gasteiger partial charge on any atom is -0.322 e. The number of ketones is 1. The van der Waals surface area contributed by atoms with Crippen LogP contribution < -0.4 is 5.73 Å². The molecule has 0 spiro atoms. The van der Waals surface area contributed by atoms with Gasteiger partial charge in [0.1, 0.15) is 5.78 Å². The van der Waals surface area contributed by atoms with E-state index in [-0.39, 0.29) is 11.8 Å². The summed E-state index contributed by atoms with van der Waals surface area (Å²) in [7, 11) is 0. The molecule has 0 heterocycles. The van der Waals surface area contributed by atoms with Crippen molar-refractivity contribution in [2.45, 2.75) is 71.3 Å². The molecule has 1 aliphatic rings. The Balaban J connectivity index is 1.92. The van der Waals surface area contributed by atoms with Crippen molar-refractivity contribution in [1.82, 2.24) is 0 Å². The highest BCUT2D eigenvalue weighted by Gasteiger charge is 2.20. The lowest BCUT2D eigenvalue weighted by Gasteiger charge is -2.13. The Labute approximate surface area is 100.0 Å². The van der Waals surface area contributed by atoms with Crippen molar-refractivity contribution in [2.75, 3.05) is 0 Å². The molecule has 94 valence electrons. The first-order valence-electron chi connectivity index (χ1n) is 6.85. The molecule has 2 atom stereocenters. The smallest absolute Gasteiger partial charge is 0.146 e. The van der Waals surface area contributed by atoms with Crippen LogP contribution in [0.5, 0.6) is 0 Å². The molecule has 2 nitrogen and oxygen atoms in total. The molecule has 0 unspecified atom stereocenters. The van der Waals surface area contributed by atoms with E-state index in [4.69, 9.17) is 5.73 Å². The van der Waals surface area contributed by atoms with Gasteiger partial charge in [-0.2, -0.15) is 0 Å². The van der Waals surface area contributed by atoms with Crippen molar-refractivity contribution >= 4 is 5.78 Å². The average molecular weight is 225 g/mol. The first-order chi connectivity index (χ1) is 7.59. The van der Waals surface area contributed by atoms with Crippen molar-refractivity contribution in [1.29, 1.82) is 0 Å². The summed E-state index contributed by atoms with van der Waals surface area (Å²) in [6.07, 6.45) is 10.4. The molecule has 16 heavy (non-hydrogen) atoms. The predicted octanol–water partition coefficient (Wildman–Crippen LogP) is 3.29. The Kier molecular flexibility index (Phi) is 6.04. The molecule has 0 bridgehead atoms. The zero-order valence-electron chi connectivity index (χ0n) is 10.9. The van der Waals surface area contributed by atoms with Crippen molar-refractivity contribution in [2.24, 2.45) is 17.6 Å². The maximum absolute atomic E-state index is 11.0. The van der Waals surface area contributed by atoms with Gasteiger partial charge >= 0.3 is 0 Å². The van der Waals surface area contributed by atoms with Crippen LogP contribution in [0.1, 0.15) is 65.2 Å². The van der Waals surface area contributed by atoms with Crippen molar-refractivity contribution in [3.8, 4) is 0 Å². The van der Waals surface area contributed by atoms with E-state index in [0.29, 0.717) is 0 Å². The molecule has 2 heteroatoms. The summed E-state index contributed by atoms with van der Waals surface area (Å²) in [4.78, 5) is 11.0. The van der Waals surface area contributed by atoms with Gasteiger partial charge in [0.05, 0.1) is 6.04 Å². The van der Waals surface area contributed by atoms with Crippen molar-refractivity contribution < 1.29 is 4.79 Å². The molecule has 1 saturated carbocycles. The lowest BCUT2D eigenvalue weighted by molar-refractivity contribution is -0.118. The van der Waals surface area contributed by atoms with Crippen molar-refractivity contribution in [3.63, 3.8) is 0 Å². The lowest BCUT2D eigenvalue weighted by Crippen LogP contribution is -2.28. The molecule has 0 aromatic rings. The van der Waals surface area contributed by atoms with Crippen LogP contribution in [0.2, 0.25) is 0 Å². The molecule has 0 saturated heterocycles. The number of carbonyl (C=O) groups excluding carboxylic acids is 1. The van der Waals surface area contributed by atoms with E-state index in [0.717, 1.165) is 24.7 Å². The fourth-order valence-corrected chi connectivity index (χ4v) is 2.14. The molecule has 0 aromatic heterocycles. The number of hydrogen-bond acceptors (Lipinski definition) is 2. The maximum Gasteiger partial charge on any atom is 0.146 e. The summed E-state index contributed by atoms with van der Waals surface area (Å²) >= 11 is 0. The second-order valence-corrected chi connectivity index (χ2v) is 5.63. The molecule has 0 radical (unpaired) electrons. The van der Waals surface area contributed by atoms with E-state index in [9.17, 15) is 4.79 Å². The minimum atomic E-state index is -0.228. The van der Waals surface area contributed by atoms with Crippen LogP contribution >= 0.6 is 0 Å². The lowest BCUT2D eigenvalue weighted by atomic mass is 9.95. The molecule has 1 aliphatic carbocycles. The second kappa shape index (κ2) is 7.05. The summed E-state index contributed by atoms with van der Waals surface area (Å²) in [5.74, 6) is 1.92. The van der Waals surface area contributed by atoms with Gasteiger partial charge in [-0.15, -0.1) is 0 Å². The molecule has 1 rings (SSSR count). The molecular weight excluding hydrogens is 198 g/mol. The Morgan fingerprint density at radius 3 is 2.50 bits per heavy atom. The molecule has 1 fully saturated rings. The van der Waals surface area contributed by atoms with E-state index in [1.807, 2.05) is 0 Å². The fourth-order valence-electron chi connectivity index (χ4n) is 2.14. The van der Waals surface area contributed by atoms with Crippen LogP contribution in [0.15, 0.2) is 0 Å². The van der Waals surface area contributed by atoms with E-state index >= 15 is 0 Å². The number of Topliss-reactive ketones (excluding diaryl/α,β-unsaturated/α-hetero) is 1. The maximum atomic E-state index is 11.0. The van der Waals surface area contributed by atoms with Gasteiger partial charge in [0, 0.05) is 0 Å². The topological polar surface area (TPSA) is 43.1 Å². The third kappa shape index (κ3) is 6.26. The number of unbranched alkanes of at least 4 members (excludes halogenated alkanes) is 1. The summed E-state index contributed by atoms with van der Waals surface area (Å²) in [6.45, 7) is 3.87. The van der Waals surface area contributed by atoms with Crippen LogP contribution in [0.25, 0.3) is 0 Å². The first kappa shape index (κ1) is 13.7. The van der Waals surface area contributed by atoms with E-state index in [2.05, 4.69) is 6.92 Å². The highest BCUT2D eigenvalue weighted by atomic mass is 16.1. The van der Waals surface area contributed by atoms with Gasteiger partial charge in [0.2, 0.25) is 0 Å². The Bertz CT molecular complexity index is 211. The van der Waals surface area contributed by atoms with Crippen molar-refractivity contribution in [3.05, 3.63) is 0 Å². The molecule has 2 N–H and O–H groups in total. The summed E-state index contributed by atoms with van der Waals surface area (Å²) in [5.41, 5.74) is 5.72. The third-order valence-corrected chi connectivity index (χ3v) is 3.75. The van der Waals surface area contributed by atoms with E-state index < -0.39 is 0 Å². The average Bonchev–Trinajstić information content (AvgIpc) is 3.04. The monoisotopic (exact) mass is 225 g/mol. The van der Waals surface area contributed by atoms with Crippen LogP contribution in [0, 0.1) is 11.8 Å². The Morgan fingerprint density at radius 1 is 1.25 bits per heavy atom. The zero-order valence-corrected chi connectivity index (χ0v) is 10.9. The molecule has 0 aromatic carbocycles. The van der Waals surface area contributed by atoms with Gasteiger partial charge in [-0.3, -0.25) is 4.79 Å². The van der Waals surface area contributed by atoms with Gasteiger partial charge in [0.25, 0.3) is 0 Å². The standard InChI is InChI=1S/C14H27NO/c1-11(7-10-14(15)12(2)16)5-3-4-6-13-8-9-13/h11,13-14H,3-10,15H2,1-2H3/t11-,14-/m0/s1.